The Kier molecular flexibility index (Phi) is 7.41. The fourth-order valence-corrected chi connectivity index (χ4v) is 3.29. The van der Waals surface area contributed by atoms with E-state index in [4.69, 9.17) is 4.74 Å². The monoisotopic (exact) mass is 354 g/mol. The van der Waals surface area contributed by atoms with Crippen LogP contribution < -0.4 is 0 Å². The topological polar surface area (TPSA) is 78.8 Å². The summed E-state index contributed by atoms with van der Waals surface area (Å²) < 4.78 is 5.09. The van der Waals surface area contributed by atoms with Gasteiger partial charge >= 0.3 is 0 Å². The van der Waals surface area contributed by atoms with Crippen molar-refractivity contribution in [2.24, 2.45) is 11.8 Å². The van der Waals surface area contributed by atoms with E-state index < -0.39 is 0 Å². The summed E-state index contributed by atoms with van der Waals surface area (Å²) in [5.74, 6) is 0.292. The number of carbonyl (C=O) groups excluding carboxylic acids is 1. The minimum absolute atomic E-state index is 0.0665. The quantitative estimate of drug-likeness (QED) is 0.537. The van der Waals surface area contributed by atoms with E-state index in [0.717, 1.165) is 13.1 Å². The summed E-state index contributed by atoms with van der Waals surface area (Å²) in [7, 11) is 3.72. The van der Waals surface area contributed by atoms with Crippen LogP contribution in [-0.2, 0) is 4.74 Å². The molecule has 0 unspecified atom stereocenters. The van der Waals surface area contributed by atoms with Gasteiger partial charge in [-0.3, -0.25) is 4.79 Å². The van der Waals surface area contributed by atoms with Crippen molar-refractivity contribution in [2.45, 2.75) is 5.16 Å². The summed E-state index contributed by atoms with van der Waals surface area (Å²) in [6.07, 6.45) is 5.05. The molecule has 0 radical (unpaired) electrons. The molecule has 0 bridgehead atoms. The predicted molar refractivity (Wildman–Crippen MR) is 93.2 cm³/mol. The van der Waals surface area contributed by atoms with Gasteiger partial charge in [0.05, 0.1) is 12.2 Å². The highest BCUT2D eigenvalue weighted by Crippen LogP contribution is 2.25. The van der Waals surface area contributed by atoms with Gasteiger partial charge in [-0.1, -0.05) is 11.8 Å². The molecule has 2 heterocycles. The van der Waals surface area contributed by atoms with Gasteiger partial charge in [0.15, 0.2) is 5.16 Å². The molecular formula is C16H26N4O3S. The van der Waals surface area contributed by atoms with E-state index in [0.29, 0.717) is 30.4 Å². The highest BCUT2D eigenvalue weighted by molar-refractivity contribution is 7.98. The second-order valence-corrected chi connectivity index (χ2v) is 6.90. The molecule has 7 nitrogen and oxygen atoms in total. The van der Waals surface area contributed by atoms with Gasteiger partial charge in [0.1, 0.15) is 0 Å². The second-order valence-electron chi connectivity index (χ2n) is 6.13. The molecule has 1 amide bonds. The smallest absolute Gasteiger partial charge is 0.257 e. The van der Waals surface area contributed by atoms with Crippen LogP contribution >= 0.6 is 11.8 Å². The van der Waals surface area contributed by atoms with Crippen molar-refractivity contribution in [2.75, 3.05) is 59.8 Å². The molecule has 134 valence electrons. The standard InChI is InChI=1S/C16H26N4O3S/c1-19(4-5-23-2)8-13-9-20(10-14(13)11-21)15(22)12-6-17-16(24-3)18-7-12/h6-7,13-14,21H,4-5,8-11H2,1-3H3/t13-,14-/m1/s1. The first-order valence-corrected chi connectivity index (χ1v) is 9.25. The first kappa shape index (κ1) is 19.1. The molecule has 1 saturated heterocycles. The van der Waals surface area contributed by atoms with Gasteiger partial charge in [-0.15, -0.1) is 0 Å². The highest BCUT2D eigenvalue weighted by Gasteiger charge is 2.35. The highest BCUT2D eigenvalue weighted by atomic mass is 32.2. The number of likely N-dealkylation sites (N-methyl/N-ethyl adjacent to an activating group) is 1. The number of hydrogen-bond acceptors (Lipinski definition) is 7. The maximum Gasteiger partial charge on any atom is 0.257 e. The van der Waals surface area contributed by atoms with Crippen LogP contribution in [0.3, 0.4) is 0 Å². The third kappa shape index (κ3) is 4.89. The van der Waals surface area contributed by atoms with E-state index in [1.54, 1.807) is 24.4 Å². The summed E-state index contributed by atoms with van der Waals surface area (Å²) in [4.78, 5) is 24.9. The SMILES string of the molecule is COCCN(C)C[C@@H]1CN(C(=O)c2cnc(SC)nc2)C[C@@H]1CO. The molecule has 1 aliphatic rings. The number of rotatable bonds is 8. The summed E-state index contributed by atoms with van der Waals surface area (Å²) >= 11 is 1.44. The van der Waals surface area contributed by atoms with Crippen molar-refractivity contribution in [3.05, 3.63) is 18.0 Å². The number of nitrogens with zero attached hydrogens (tertiary/aromatic N) is 4. The van der Waals surface area contributed by atoms with Gasteiger partial charge in [-0.05, 0) is 19.2 Å². The van der Waals surface area contributed by atoms with E-state index in [1.165, 1.54) is 11.8 Å². The molecule has 24 heavy (non-hydrogen) atoms. The number of thioether (sulfide) groups is 1. The number of aromatic nitrogens is 2. The summed E-state index contributed by atoms with van der Waals surface area (Å²) in [6.45, 7) is 3.65. The predicted octanol–water partition coefficient (Wildman–Crippen LogP) is 0.457. The molecule has 1 N–H and O–H groups in total. The van der Waals surface area contributed by atoms with E-state index in [-0.39, 0.29) is 24.3 Å². The van der Waals surface area contributed by atoms with E-state index in [2.05, 4.69) is 14.9 Å². The Bertz CT molecular complexity index is 529. The zero-order valence-corrected chi connectivity index (χ0v) is 15.3. The van der Waals surface area contributed by atoms with Crippen LogP contribution in [0.5, 0.6) is 0 Å². The lowest BCUT2D eigenvalue weighted by Crippen LogP contribution is -2.33. The number of methoxy groups -OCH3 is 1. The van der Waals surface area contributed by atoms with Crippen molar-refractivity contribution < 1.29 is 14.6 Å². The second kappa shape index (κ2) is 9.31. The van der Waals surface area contributed by atoms with Gasteiger partial charge in [-0.25, -0.2) is 9.97 Å². The molecule has 1 fully saturated rings. The Labute approximate surface area is 147 Å². The molecule has 0 aromatic carbocycles. The maximum absolute atomic E-state index is 12.6. The fourth-order valence-electron chi connectivity index (χ4n) is 2.97. The molecule has 1 aromatic rings. The first-order valence-electron chi connectivity index (χ1n) is 8.02. The van der Waals surface area contributed by atoms with Crippen LogP contribution in [0.15, 0.2) is 17.6 Å². The average molecular weight is 354 g/mol. The molecule has 8 heteroatoms. The fraction of sp³-hybridized carbons (Fsp3) is 0.688. The zero-order chi connectivity index (χ0) is 17.5. The molecular weight excluding hydrogens is 328 g/mol. The molecule has 1 aliphatic heterocycles. The number of amides is 1. The average Bonchev–Trinajstić information content (AvgIpc) is 3.02. The van der Waals surface area contributed by atoms with Crippen LogP contribution in [0.2, 0.25) is 0 Å². The zero-order valence-electron chi connectivity index (χ0n) is 14.5. The summed E-state index contributed by atoms with van der Waals surface area (Å²) in [6, 6.07) is 0. The third-order valence-corrected chi connectivity index (χ3v) is 4.96. The van der Waals surface area contributed by atoms with Crippen LogP contribution in [-0.4, -0.2) is 90.6 Å². The number of aliphatic hydroxyl groups excluding tert-OH is 1. The molecule has 2 rings (SSSR count). The Balaban J connectivity index is 1.97. The van der Waals surface area contributed by atoms with E-state index in [1.807, 2.05) is 13.3 Å². The normalized spacial score (nSPS) is 20.8. The van der Waals surface area contributed by atoms with Gasteiger partial charge < -0.3 is 19.6 Å². The Morgan fingerprint density at radius 3 is 2.67 bits per heavy atom. The van der Waals surface area contributed by atoms with E-state index in [9.17, 15) is 9.90 Å². The Morgan fingerprint density at radius 2 is 2.08 bits per heavy atom. The van der Waals surface area contributed by atoms with Gasteiger partial charge in [0.2, 0.25) is 0 Å². The van der Waals surface area contributed by atoms with E-state index >= 15 is 0 Å². The van der Waals surface area contributed by atoms with Crippen molar-refractivity contribution in [3.8, 4) is 0 Å². The molecule has 0 aliphatic carbocycles. The van der Waals surface area contributed by atoms with Crippen LogP contribution in [0.4, 0.5) is 0 Å². The van der Waals surface area contributed by atoms with Crippen molar-refractivity contribution >= 4 is 17.7 Å². The number of aliphatic hydroxyl groups is 1. The number of ether oxygens (including phenoxy) is 1. The Morgan fingerprint density at radius 1 is 1.42 bits per heavy atom. The minimum atomic E-state index is -0.0665. The summed E-state index contributed by atoms with van der Waals surface area (Å²) in [5.41, 5.74) is 0.498. The van der Waals surface area contributed by atoms with Crippen molar-refractivity contribution in [1.82, 2.24) is 19.8 Å². The lowest BCUT2D eigenvalue weighted by Gasteiger charge is -2.23. The van der Waals surface area contributed by atoms with Crippen molar-refractivity contribution in [1.29, 1.82) is 0 Å². The number of hydrogen-bond donors (Lipinski definition) is 1. The van der Waals surface area contributed by atoms with Crippen LogP contribution in [0.25, 0.3) is 0 Å². The van der Waals surface area contributed by atoms with Crippen LogP contribution in [0, 0.1) is 11.8 Å². The van der Waals surface area contributed by atoms with Gasteiger partial charge in [0, 0.05) is 58.2 Å². The maximum atomic E-state index is 12.6. The minimum Gasteiger partial charge on any atom is -0.396 e. The lowest BCUT2D eigenvalue weighted by atomic mass is 9.96. The number of likely N-dealkylation sites (tertiary alicyclic amines) is 1. The van der Waals surface area contributed by atoms with Crippen LogP contribution in [0.1, 0.15) is 10.4 Å². The lowest BCUT2D eigenvalue weighted by molar-refractivity contribution is 0.0777. The van der Waals surface area contributed by atoms with Crippen molar-refractivity contribution in [3.63, 3.8) is 0 Å². The molecule has 2 atom stereocenters. The molecule has 0 saturated carbocycles. The molecule has 1 aromatic heterocycles. The van der Waals surface area contributed by atoms with Gasteiger partial charge in [-0.2, -0.15) is 0 Å². The largest absolute Gasteiger partial charge is 0.396 e. The molecule has 0 spiro atoms. The number of carbonyl (C=O) groups is 1. The third-order valence-electron chi connectivity index (χ3n) is 4.38. The first-order chi connectivity index (χ1) is 11.6. The summed E-state index contributed by atoms with van der Waals surface area (Å²) in [5, 5.41) is 10.3. The van der Waals surface area contributed by atoms with Gasteiger partial charge in [0.25, 0.3) is 5.91 Å². The Hall–Kier alpha value is -1.22.